The van der Waals surface area contributed by atoms with E-state index in [0.717, 1.165) is 26.9 Å². The van der Waals surface area contributed by atoms with E-state index < -0.39 is 34.6 Å². The second kappa shape index (κ2) is 10.0. The maximum absolute atomic E-state index is 13.2. The zero-order valence-electron chi connectivity index (χ0n) is 18.9. The van der Waals surface area contributed by atoms with E-state index in [9.17, 15) is 27.6 Å². The highest BCUT2D eigenvalue weighted by atomic mass is 19.4. The van der Waals surface area contributed by atoms with Gasteiger partial charge in [-0.1, -0.05) is 24.3 Å². The average Bonchev–Trinajstić information content (AvgIpc) is 2.76. The molecule has 34 heavy (non-hydrogen) atoms. The van der Waals surface area contributed by atoms with E-state index in [4.69, 9.17) is 0 Å². The zero-order valence-corrected chi connectivity index (χ0v) is 18.9. The van der Waals surface area contributed by atoms with Crippen molar-refractivity contribution in [3.8, 4) is 5.69 Å². The number of carbonyl (C=O) groups is 1. The molecule has 0 atom stereocenters. The predicted molar refractivity (Wildman–Crippen MR) is 120 cm³/mol. The first-order valence-electron chi connectivity index (χ1n) is 10.4. The van der Waals surface area contributed by atoms with Crippen molar-refractivity contribution in [1.82, 2.24) is 24.6 Å². The molecule has 3 rings (SSSR count). The van der Waals surface area contributed by atoms with E-state index in [1.807, 2.05) is 32.0 Å². The first kappa shape index (κ1) is 24.9. The molecule has 0 saturated carbocycles. The van der Waals surface area contributed by atoms with Crippen molar-refractivity contribution in [3.63, 3.8) is 0 Å². The number of nitrogens with zero attached hydrogens (tertiary/aromatic N) is 4. The van der Waals surface area contributed by atoms with E-state index in [1.165, 1.54) is 12.1 Å². The number of aryl methyl sites for hydroxylation is 1. The number of alkyl halides is 3. The largest absolute Gasteiger partial charge is 0.416 e. The smallest absolute Gasteiger partial charge is 0.349 e. The molecule has 1 aromatic heterocycles. The van der Waals surface area contributed by atoms with Crippen molar-refractivity contribution in [2.75, 3.05) is 27.2 Å². The molecule has 0 spiro atoms. The summed E-state index contributed by atoms with van der Waals surface area (Å²) < 4.78 is 40.4. The van der Waals surface area contributed by atoms with Crippen molar-refractivity contribution < 1.29 is 18.0 Å². The highest BCUT2D eigenvalue weighted by Crippen LogP contribution is 2.29. The van der Waals surface area contributed by atoms with Gasteiger partial charge in [0.1, 0.15) is 0 Å². The van der Waals surface area contributed by atoms with Crippen LogP contribution in [0.2, 0.25) is 0 Å². The quantitative estimate of drug-likeness (QED) is 0.565. The molecule has 1 amide bonds. The lowest BCUT2D eigenvalue weighted by molar-refractivity contribution is -0.137. The number of nitrogens with one attached hydrogen (secondary N) is 1. The number of aromatic nitrogens is 3. The average molecular weight is 475 g/mol. The Morgan fingerprint density at radius 1 is 1.09 bits per heavy atom. The van der Waals surface area contributed by atoms with Crippen LogP contribution >= 0.6 is 0 Å². The van der Waals surface area contributed by atoms with Crippen LogP contribution < -0.4 is 16.6 Å². The minimum absolute atomic E-state index is 0.245. The first-order valence-corrected chi connectivity index (χ1v) is 10.4. The standard InChI is InChI=1S/C23H24F3N5O3/c1-15-5-4-6-18(13-15)31-22(34)30(14-16-7-9-17(10-8-16)23(24,25)26)21(33)19(28-31)20(32)27-11-12-29(2)3/h4-10,13H,11-12,14H2,1-3H3,(H,27,32). The Kier molecular flexibility index (Phi) is 7.35. The summed E-state index contributed by atoms with van der Waals surface area (Å²) in [6, 6.07) is 10.9. The fraction of sp³-hybridized carbons (Fsp3) is 0.304. The number of benzene rings is 2. The molecule has 1 N–H and O–H groups in total. The van der Waals surface area contributed by atoms with Gasteiger partial charge in [0.05, 0.1) is 17.8 Å². The maximum Gasteiger partial charge on any atom is 0.416 e. The molecule has 0 aliphatic rings. The molecule has 0 aliphatic heterocycles. The Labute approximate surface area is 193 Å². The summed E-state index contributed by atoms with van der Waals surface area (Å²) in [6.45, 7) is 2.24. The Bertz CT molecular complexity index is 1290. The number of hydrogen-bond donors (Lipinski definition) is 1. The van der Waals surface area contributed by atoms with Gasteiger partial charge in [-0.25, -0.2) is 4.79 Å². The number of amides is 1. The molecule has 1 heterocycles. The fourth-order valence-corrected chi connectivity index (χ4v) is 3.18. The van der Waals surface area contributed by atoms with E-state index in [0.29, 0.717) is 12.2 Å². The van der Waals surface area contributed by atoms with E-state index >= 15 is 0 Å². The summed E-state index contributed by atoms with van der Waals surface area (Å²) in [6.07, 6.45) is -4.51. The van der Waals surface area contributed by atoms with Gasteiger partial charge in [-0.05, 0) is 56.4 Å². The third kappa shape index (κ3) is 5.79. The van der Waals surface area contributed by atoms with Crippen molar-refractivity contribution in [2.24, 2.45) is 0 Å². The van der Waals surface area contributed by atoms with Crippen LogP contribution in [-0.2, 0) is 12.7 Å². The van der Waals surface area contributed by atoms with Gasteiger partial charge < -0.3 is 10.2 Å². The third-order valence-electron chi connectivity index (χ3n) is 4.99. The topological polar surface area (TPSA) is 89.2 Å². The lowest BCUT2D eigenvalue weighted by Crippen LogP contribution is -2.46. The van der Waals surface area contributed by atoms with Gasteiger partial charge in [-0.2, -0.15) is 23.0 Å². The van der Waals surface area contributed by atoms with Crippen molar-refractivity contribution in [2.45, 2.75) is 19.6 Å². The van der Waals surface area contributed by atoms with E-state index in [-0.39, 0.29) is 18.7 Å². The molecule has 0 saturated heterocycles. The van der Waals surface area contributed by atoms with Crippen LogP contribution in [0.25, 0.3) is 5.69 Å². The molecule has 0 radical (unpaired) electrons. The summed E-state index contributed by atoms with van der Waals surface area (Å²) in [5.74, 6) is -0.755. The van der Waals surface area contributed by atoms with Crippen LogP contribution in [0.1, 0.15) is 27.2 Å². The summed E-state index contributed by atoms with van der Waals surface area (Å²) >= 11 is 0. The molecule has 8 nitrogen and oxygen atoms in total. The van der Waals surface area contributed by atoms with Gasteiger partial charge in [0.2, 0.25) is 5.69 Å². The molecule has 180 valence electrons. The number of rotatable bonds is 7. The summed E-state index contributed by atoms with van der Waals surface area (Å²) in [5, 5.41) is 6.62. The second-order valence-corrected chi connectivity index (χ2v) is 8.03. The monoisotopic (exact) mass is 475 g/mol. The van der Waals surface area contributed by atoms with Gasteiger partial charge in [0.25, 0.3) is 11.5 Å². The highest BCUT2D eigenvalue weighted by molar-refractivity contribution is 5.91. The third-order valence-corrected chi connectivity index (χ3v) is 4.99. The Hall–Kier alpha value is -3.73. The van der Waals surface area contributed by atoms with Crippen molar-refractivity contribution in [1.29, 1.82) is 0 Å². The SMILES string of the molecule is Cc1cccc(-n2nc(C(=O)NCCN(C)C)c(=O)n(Cc3ccc(C(F)(F)F)cc3)c2=O)c1. The molecule has 0 aliphatic carbocycles. The van der Waals surface area contributed by atoms with Gasteiger partial charge in [-0.3, -0.25) is 14.2 Å². The molecule has 0 fully saturated rings. The van der Waals surface area contributed by atoms with Gasteiger partial charge >= 0.3 is 11.9 Å². The van der Waals surface area contributed by atoms with Gasteiger partial charge in [0.15, 0.2) is 0 Å². The summed E-state index contributed by atoms with van der Waals surface area (Å²) in [4.78, 5) is 40.8. The number of likely N-dealkylation sites (N-methyl/N-ethyl adjacent to an activating group) is 1. The minimum atomic E-state index is -4.51. The first-order chi connectivity index (χ1) is 16.0. The molecular weight excluding hydrogens is 451 g/mol. The van der Waals surface area contributed by atoms with E-state index in [1.54, 1.807) is 18.2 Å². The van der Waals surface area contributed by atoms with Crippen molar-refractivity contribution >= 4 is 5.91 Å². The van der Waals surface area contributed by atoms with Crippen LogP contribution in [0.15, 0.2) is 58.1 Å². The minimum Gasteiger partial charge on any atom is -0.349 e. The van der Waals surface area contributed by atoms with Crippen LogP contribution in [0.3, 0.4) is 0 Å². The molecule has 0 unspecified atom stereocenters. The number of carbonyl (C=O) groups excluding carboxylic acids is 1. The predicted octanol–water partition coefficient (Wildman–Crippen LogP) is 2.06. The van der Waals surface area contributed by atoms with Crippen LogP contribution in [0, 0.1) is 6.92 Å². The molecule has 3 aromatic rings. The van der Waals surface area contributed by atoms with E-state index in [2.05, 4.69) is 10.4 Å². The van der Waals surface area contributed by atoms with Crippen LogP contribution in [-0.4, -0.2) is 52.3 Å². The summed E-state index contributed by atoms with van der Waals surface area (Å²) in [7, 11) is 3.64. The Morgan fingerprint density at radius 2 is 1.76 bits per heavy atom. The molecule has 0 bridgehead atoms. The maximum atomic E-state index is 13.2. The van der Waals surface area contributed by atoms with Gasteiger partial charge in [-0.15, -0.1) is 0 Å². The van der Waals surface area contributed by atoms with Crippen LogP contribution in [0.5, 0.6) is 0 Å². The molecule has 2 aromatic carbocycles. The van der Waals surface area contributed by atoms with Gasteiger partial charge in [0, 0.05) is 13.1 Å². The Morgan fingerprint density at radius 3 is 2.35 bits per heavy atom. The molecular formula is C23H24F3N5O3. The lowest BCUT2D eigenvalue weighted by Gasteiger charge is -2.14. The van der Waals surface area contributed by atoms with Crippen LogP contribution in [0.4, 0.5) is 13.2 Å². The fourth-order valence-electron chi connectivity index (χ4n) is 3.18. The van der Waals surface area contributed by atoms with Crippen molar-refractivity contribution in [3.05, 3.63) is 91.8 Å². The highest BCUT2D eigenvalue weighted by Gasteiger charge is 2.30. The number of halogens is 3. The molecule has 11 heteroatoms. The summed E-state index contributed by atoms with van der Waals surface area (Å²) in [5.41, 5.74) is -1.65. The normalized spacial score (nSPS) is 11.6. The number of hydrogen-bond acceptors (Lipinski definition) is 5. The second-order valence-electron chi connectivity index (χ2n) is 8.03. The Balaban J connectivity index is 2.08. The zero-order chi connectivity index (χ0) is 25.0. The lowest BCUT2D eigenvalue weighted by atomic mass is 10.1.